The minimum Gasteiger partial charge on any atom is -0.495 e. The molecule has 1 N–H and O–H groups in total. The molecule has 0 radical (unpaired) electrons. The molecule has 0 spiro atoms. The maximum Gasteiger partial charge on any atom is 0.229 e. The van der Waals surface area contributed by atoms with Crippen molar-refractivity contribution in [2.75, 3.05) is 31.0 Å². The van der Waals surface area contributed by atoms with Crippen molar-refractivity contribution in [3.63, 3.8) is 0 Å². The van der Waals surface area contributed by atoms with Crippen molar-refractivity contribution in [1.82, 2.24) is 0 Å². The standard InChI is InChI=1S/C20H21ClN2O4/c1-12-6-4-5-7-16(12)23-11-13(8-19(23)24)20(25)22-15-10-17(26-2)14(21)9-18(15)27-3/h4-7,9-10,13H,8,11H2,1-3H3,(H,22,25). The molecule has 1 heterocycles. The summed E-state index contributed by atoms with van der Waals surface area (Å²) in [5, 5.41) is 3.21. The Bertz CT molecular complexity index is 884. The van der Waals surface area contributed by atoms with E-state index in [4.69, 9.17) is 21.1 Å². The monoisotopic (exact) mass is 388 g/mol. The third-order valence-corrected chi connectivity index (χ3v) is 4.93. The average Bonchev–Trinajstić information content (AvgIpc) is 3.04. The number of nitrogens with one attached hydrogen (secondary N) is 1. The molecule has 0 saturated carbocycles. The van der Waals surface area contributed by atoms with E-state index in [0.717, 1.165) is 11.3 Å². The summed E-state index contributed by atoms with van der Waals surface area (Å²) >= 11 is 6.10. The minimum absolute atomic E-state index is 0.0647. The number of carbonyl (C=O) groups excluding carboxylic acids is 2. The van der Waals surface area contributed by atoms with Crippen LogP contribution in [0.15, 0.2) is 36.4 Å². The van der Waals surface area contributed by atoms with Crippen LogP contribution in [-0.2, 0) is 9.59 Å². The molecule has 2 amide bonds. The molecule has 27 heavy (non-hydrogen) atoms. The van der Waals surface area contributed by atoms with Crippen molar-refractivity contribution < 1.29 is 19.1 Å². The van der Waals surface area contributed by atoms with Gasteiger partial charge in [0, 0.05) is 30.8 Å². The van der Waals surface area contributed by atoms with Gasteiger partial charge in [-0.25, -0.2) is 0 Å². The smallest absolute Gasteiger partial charge is 0.229 e. The van der Waals surface area contributed by atoms with Crippen LogP contribution in [0, 0.1) is 12.8 Å². The van der Waals surface area contributed by atoms with E-state index in [-0.39, 0.29) is 18.2 Å². The van der Waals surface area contributed by atoms with E-state index in [2.05, 4.69) is 5.32 Å². The molecule has 1 fully saturated rings. The van der Waals surface area contributed by atoms with Crippen LogP contribution in [0.5, 0.6) is 11.5 Å². The zero-order chi connectivity index (χ0) is 19.6. The van der Waals surface area contributed by atoms with Crippen molar-refractivity contribution in [2.45, 2.75) is 13.3 Å². The van der Waals surface area contributed by atoms with E-state index < -0.39 is 5.92 Å². The van der Waals surface area contributed by atoms with Crippen molar-refractivity contribution in [1.29, 1.82) is 0 Å². The summed E-state index contributed by atoms with van der Waals surface area (Å²) in [6.45, 7) is 2.28. The number of anilines is 2. The SMILES string of the molecule is COc1cc(NC(=O)C2CC(=O)N(c3ccccc3C)C2)c(OC)cc1Cl. The van der Waals surface area contributed by atoms with Gasteiger partial charge in [0.15, 0.2) is 0 Å². The number of nitrogens with zero attached hydrogens (tertiary/aromatic N) is 1. The van der Waals surface area contributed by atoms with E-state index in [1.807, 2.05) is 31.2 Å². The second-order valence-electron chi connectivity index (χ2n) is 6.37. The zero-order valence-electron chi connectivity index (χ0n) is 15.4. The Morgan fingerprint density at radius 2 is 1.89 bits per heavy atom. The maximum atomic E-state index is 12.8. The predicted molar refractivity (Wildman–Crippen MR) is 105 cm³/mol. The Balaban J connectivity index is 1.78. The summed E-state index contributed by atoms with van der Waals surface area (Å²) in [4.78, 5) is 26.9. The Morgan fingerprint density at radius 3 is 2.56 bits per heavy atom. The second-order valence-corrected chi connectivity index (χ2v) is 6.78. The van der Waals surface area contributed by atoms with Gasteiger partial charge in [-0.1, -0.05) is 29.8 Å². The number of hydrogen-bond acceptors (Lipinski definition) is 4. The number of benzene rings is 2. The fraction of sp³-hybridized carbons (Fsp3) is 0.300. The van der Waals surface area contributed by atoms with Crippen LogP contribution >= 0.6 is 11.6 Å². The normalized spacial score (nSPS) is 16.4. The Kier molecular flexibility index (Phi) is 5.56. The van der Waals surface area contributed by atoms with Gasteiger partial charge in [-0.2, -0.15) is 0 Å². The molecule has 1 atom stereocenters. The van der Waals surface area contributed by atoms with Crippen LogP contribution in [0.2, 0.25) is 5.02 Å². The number of aryl methyl sites for hydroxylation is 1. The highest BCUT2D eigenvalue weighted by molar-refractivity contribution is 6.32. The minimum atomic E-state index is -0.455. The molecule has 7 heteroatoms. The van der Waals surface area contributed by atoms with Gasteiger partial charge in [0.2, 0.25) is 11.8 Å². The zero-order valence-corrected chi connectivity index (χ0v) is 16.2. The fourth-order valence-electron chi connectivity index (χ4n) is 3.18. The fourth-order valence-corrected chi connectivity index (χ4v) is 3.41. The van der Waals surface area contributed by atoms with Gasteiger partial charge in [-0.15, -0.1) is 0 Å². The third kappa shape index (κ3) is 3.85. The Morgan fingerprint density at radius 1 is 1.19 bits per heavy atom. The number of halogens is 1. The van der Waals surface area contributed by atoms with Crippen LogP contribution in [0.3, 0.4) is 0 Å². The number of para-hydroxylation sites is 1. The lowest BCUT2D eigenvalue weighted by Crippen LogP contribution is -2.28. The molecule has 1 aliphatic heterocycles. The van der Waals surface area contributed by atoms with Gasteiger partial charge >= 0.3 is 0 Å². The quantitative estimate of drug-likeness (QED) is 0.848. The van der Waals surface area contributed by atoms with Crippen molar-refractivity contribution in [3.05, 3.63) is 47.0 Å². The molecule has 0 bridgehead atoms. The highest BCUT2D eigenvalue weighted by atomic mass is 35.5. The molecule has 2 aromatic carbocycles. The first-order valence-electron chi connectivity index (χ1n) is 8.53. The summed E-state index contributed by atoms with van der Waals surface area (Å²) in [7, 11) is 2.99. The lowest BCUT2D eigenvalue weighted by Gasteiger charge is -2.19. The number of rotatable bonds is 5. The predicted octanol–water partition coefficient (Wildman–Crippen LogP) is 3.66. The molecule has 6 nitrogen and oxygen atoms in total. The van der Waals surface area contributed by atoms with Crippen LogP contribution < -0.4 is 19.7 Å². The first kappa shape index (κ1) is 19.0. The third-order valence-electron chi connectivity index (χ3n) is 4.63. The highest BCUT2D eigenvalue weighted by Gasteiger charge is 2.36. The Hall–Kier alpha value is -2.73. The molecule has 0 aromatic heterocycles. The van der Waals surface area contributed by atoms with Crippen LogP contribution in [0.4, 0.5) is 11.4 Å². The van der Waals surface area contributed by atoms with Crippen LogP contribution in [0.1, 0.15) is 12.0 Å². The molecule has 3 rings (SSSR count). The first-order valence-corrected chi connectivity index (χ1v) is 8.90. The van der Waals surface area contributed by atoms with E-state index in [0.29, 0.717) is 28.8 Å². The largest absolute Gasteiger partial charge is 0.495 e. The molecule has 1 unspecified atom stereocenters. The number of ether oxygens (including phenoxy) is 2. The molecule has 1 aliphatic rings. The van der Waals surface area contributed by atoms with Crippen molar-refractivity contribution in [2.24, 2.45) is 5.92 Å². The van der Waals surface area contributed by atoms with E-state index in [1.54, 1.807) is 17.0 Å². The first-order chi connectivity index (χ1) is 12.9. The van der Waals surface area contributed by atoms with E-state index in [9.17, 15) is 9.59 Å². The topological polar surface area (TPSA) is 67.9 Å². The van der Waals surface area contributed by atoms with Gasteiger partial charge in [0.05, 0.1) is 30.8 Å². The van der Waals surface area contributed by atoms with Crippen LogP contribution in [-0.4, -0.2) is 32.6 Å². The summed E-state index contributed by atoms with van der Waals surface area (Å²) in [5.74, 6) is 0.0849. The van der Waals surface area contributed by atoms with E-state index >= 15 is 0 Å². The lowest BCUT2D eigenvalue weighted by molar-refractivity contribution is -0.122. The molecule has 1 saturated heterocycles. The number of hydrogen-bond donors (Lipinski definition) is 1. The summed E-state index contributed by atoms with van der Waals surface area (Å²) in [5.41, 5.74) is 2.28. The average molecular weight is 389 g/mol. The van der Waals surface area contributed by atoms with E-state index in [1.165, 1.54) is 14.2 Å². The molecule has 0 aliphatic carbocycles. The van der Waals surface area contributed by atoms with Gasteiger partial charge in [-0.3, -0.25) is 9.59 Å². The Labute approximate surface area is 163 Å². The van der Waals surface area contributed by atoms with Gasteiger partial charge in [0.1, 0.15) is 11.5 Å². The molecule has 142 valence electrons. The van der Waals surface area contributed by atoms with Crippen molar-refractivity contribution in [3.8, 4) is 11.5 Å². The summed E-state index contributed by atoms with van der Waals surface area (Å²) in [6, 6.07) is 10.8. The number of amides is 2. The van der Waals surface area contributed by atoms with Crippen LogP contribution in [0.25, 0.3) is 0 Å². The number of carbonyl (C=O) groups is 2. The lowest BCUT2D eigenvalue weighted by atomic mass is 10.1. The summed E-state index contributed by atoms with van der Waals surface area (Å²) in [6.07, 6.45) is 0.160. The van der Waals surface area contributed by atoms with Gasteiger partial charge in [0.25, 0.3) is 0 Å². The molecular weight excluding hydrogens is 368 g/mol. The molecular formula is C20H21ClN2O4. The highest BCUT2D eigenvalue weighted by Crippen LogP contribution is 2.36. The number of methoxy groups -OCH3 is 2. The van der Waals surface area contributed by atoms with Crippen molar-refractivity contribution >= 4 is 34.8 Å². The summed E-state index contributed by atoms with van der Waals surface area (Å²) < 4.78 is 10.5. The van der Waals surface area contributed by atoms with Gasteiger partial charge < -0.3 is 19.7 Å². The molecule has 2 aromatic rings. The van der Waals surface area contributed by atoms with Gasteiger partial charge in [-0.05, 0) is 18.6 Å². The second kappa shape index (κ2) is 7.88. The maximum absolute atomic E-state index is 12.8.